The van der Waals surface area contributed by atoms with Crippen molar-refractivity contribution in [2.45, 2.75) is 13.0 Å². The number of carboxylic acid groups (broad SMARTS) is 1. The second-order valence-electron chi connectivity index (χ2n) is 7.66. The third-order valence-corrected chi connectivity index (χ3v) is 5.38. The molecule has 1 saturated heterocycles. The van der Waals surface area contributed by atoms with Gasteiger partial charge in [0.15, 0.2) is 0 Å². The van der Waals surface area contributed by atoms with Gasteiger partial charge in [-0.3, -0.25) is 9.88 Å². The molecule has 158 valence electrons. The predicted octanol–water partition coefficient (Wildman–Crippen LogP) is 3.95. The van der Waals surface area contributed by atoms with Crippen LogP contribution >= 0.6 is 0 Å². The van der Waals surface area contributed by atoms with Crippen molar-refractivity contribution in [1.29, 1.82) is 0 Å². The lowest BCUT2D eigenvalue weighted by Crippen LogP contribution is -2.31. The van der Waals surface area contributed by atoms with Gasteiger partial charge < -0.3 is 10.0 Å². The first-order valence-electron chi connectivity index (χ1n) is 10.5. The Morgan fingerprint density at radius 1 is 1.00 bits per heavy atom. The summed E-state index contributed by atoms with van der Waals surface area (Å²) in [5, 5.41) is 8.85. The Bertz CT molecular complexity index is 1050. The van der Waals surface area contributed by atoms with E-state index < -0.39 is 5.97 Å². The molecule has 6 nitrogen and oxygen atoms in total. The summed E-state index contributed by atoms with van der Waals surface area (Å²) in [5.41, 5.74) is 3.86. The predicted molar refractivity (Wildman–Crippen MR) is 123 cm³/mol. The van der Waals surface area contributed by atoms with Crippen molar-refractivity contribution < 1.29 is 9.90 Å². The van der Waals surface area contributed by atoms with Gasteiger partial charge in [-0.2, -0.15) is 0 Å². The van der Waals surface area contributed by atoms with Crippen LogP contribution in [0.3, 0.4) is 0 Å². The molecule has 3 aromatic rings. The van der Waals surface area contributed by atoms with Crippen LogP contribution in [0.25, 0.3) is 17.3 Å². The van der Waals surface area contributed by atoms with Crippen molar-refractivity contribution in [2.75, 3.05) is 31.1 Å². The van der Waals surface area contributed by atoms with Gasteiger partial charge in [0.05, 0.1) is 18.1 Å². The summed E-state index contributed by atoms with van der Waals surface area (Å²) in [4.78, 5) is 24.9. The van der Waals surface area contributed by atoms with Crippen molar-refractivity contribution in [3.8, 4) is 11.3 Å². The van der Waals surface area contributed by atoms with Crippen molar-refractivity contribution in [3.05, 3.63) is 84.2 Å². The monoisotopic (exact) mass is 414 g/mol. The summed E-state index contributed by atoms with van der Waals surface area (Å²) < 4.78 is 0. The third kappa shape index (κ3) is 5.77. The summed E-state index contributed by atoms with van der Waals surface area (Å²) in [6, 6.07) is 18.3. The van der Waals surface area contributed by atoms with Crippen LogP contribution in [-0.4, -0.2) is 52.1 Å². The van der Waals surface area contributed by atoms with Gasteiger partial charge in [-0.1, -0.05) is 48.5 Å². The number of hydrogen-bond acceptors (Lipinski definition) is 5. The minimum Gasteiger partial charge on any atom is -0.478 e. The smallest absolute Gasteiger partial charge is 0.328 e. The SMILES string of the molecule is O=C(O)C=Cc1cccc(-c2cncc(N3CCCN(Cc4ccccc4)CC3)n2)c1. The molecular weight excluding hydrogens is 388 g/mol. The fourth-order valence-electron chi connectivity index (χ4n) is 3.82. The minimum absolute atomic E-state index is 0.786. The highest BCUT2D eigenvalue weighted by atomic mass is 16.4. The zero-order valence-corrected chi connectivity index (χ0v) is 17.4. The zero-order chi connectivity index (χ0) is 21.5. The molecule has 1 aliphatic rings. The number of aliphatic carboxylic acids is 1. The van der Waals surface area contributed by atoms with Gasteiger partial charge in [0.2, 0.25) is 0 Å². The van der Waals surface area contributed by atoms with Crippen LogP contribution in [0.1, 0.15) is 17.5 Å². The molecule has 2 heterocycles. The molecule has 1 aromatic heterocycles. The van der Waals surface area contributed by atoms with Crippen molar-refractivity contribution in [2.24, 2.45) is 0 Å². The third-order valence-electron chi connectivity index (χ3n) is 5.38. The number of anilines is 1. The Balaban J connectivity index is 1.46. The van der Waals surface area contributed by atoms with Crippen LogP contribution in [0.2, 0.25) is 0 Å². The number of carboxylic acids is 1. The molecule has 4 rings (SSSR count). The minimum atomic E-state index is -0.963. The van der Waals surface area contributed by atoms with E-state index in [9.17, 15) is 4.79 Å². The fraction of sp³-hybridized carbons (Fsp3) is 0.240. The molecule has 0 radical (unpaired) electrons. The van der Waals surface area contributed by atoms with Gasteiger partial charge in [0.1, 0.15) is 5.82 Å². The normalized spacial score (nSPS) is 15.2. The highest BCUT2D eigenvalue weighted by Crippen LogP contribution is 2.22. The lowest BCUT2D eigenvalue weighted by molar-refractivity contribution is -0.131. The molecule has 1 aliphatic heterocycles. The van der Waals surface area contributed by atoms with Crippen LogP contribution < -0.4 is 4.90 Å². The first-order chi connectivity index (χ1) is 15.2. The first kappa shape index (κ1) is 20.8. The van der Waals surface area contributed by atoms with Crippen molar-refractivity contribution in [1.82, 2.24) is 14.9 Å². The Hall–Kier alpha value is -3.51. The lowest BCUT2D eigenvalue weighted by atomic mass is 10.1. The molecule has 0 unspecified atom stereocenters. The van der Waals surface area contributed by atoms with E-state index >= 15 is 0 Å². The summed E-state index contributed by atoms with van der Waals surface area (Å²) in [7, 11) is 0. The Kier molecular flexibility index (Phi) is 6.69. The van der Waals surface area contributed by atoms with E-state index in [1.807, 2.05) is 30.5 Å². The maximum Gasteiger partial charge on any atom is 0.328 e. The summed E-state index contributed by atoms with van der Waals surface area (Å²) in [6.07, 6.45) is 7.38. The van der Waals surface area contributed by atoms with E-state index in [0.29, 0.717) is 0 Å². The zero-order valence-electron chi connectivity index (χ0n) is 17.4. The van der Waals surface area contributed by atoms with E-state index in [1.165, 1.54) is 5.56 Å². The van der Waals surface area contributed by atoms with Gasteiger partial charge in [-0.15, -0.1) is 0 Å². The van der Waals surface area contributed by atoms with Crippen LogP contribution in [0, 0.1) is 0 Å². The molecule has 0 saturated carbocycles. The number of carbonyl (C=O) groups is 1. The van der Waals surface area contributed by atoms with Gasteiger partial charge in [0, 0.05) is 44.4 Å². The van der Waals surface area contributed by atoms with Crippen LogP contribution in [0.5, 0.6) is 0 Å². The first-order valence-corrected chi connectivity index (χ1v) is 10.5. The van der Waals surface area contributed by atoms with Gasteiger partial charge >= 0.3 is 5.97 Å². The molecule has 1 fully saturated rings. The average Bonchev–Trinajstić information content (AvgIpc) is 3.04. The molecule has 0 amide bonds. The molecule has 2 aromatic carbocycles. The topological polar surface area (TPSA) is 69.6 Å². The summed E-state index contributed by atoms with van der Waals surface area (Å²) in [5.74, 6) is -0.0831. The largest absolute Gasteiger partial charge is 0.478 e. The molecule has 1 N–H and O–H groups in total. The molecule has 0 spiro atoms. The van der Waals surface area contributed by atoms with Gasteiger partial charge in [-0.25, -0.2) is 9.78 Å². The number of benzene rings is 2. The number of aromatic nitrogens is 2. The summed E-state index contributed by atoms with van der Waals surface area (Å²) >= 11 is 0. The number of hydrogen-bond donors (Lipinski definition) is 1. The quantitative estimate of drug-likeness (QED) is 0.616. The van der Waals surface area contributed by atoms with Gasteiger partial charge in [-0.05, 0) is 29.7 Å². The van der Waals surface area contributed by atoms with Crippen LogP contribution in [0.15, 0.2) is 73.1 Å². The van der Waals surface area contributed by atoms with Gasteiger partial charge in [0.25, 0.3) is 0 Å². The second-order valence-corrected chi connectivity index (χ2v) is 7.66. The molecule has 0 aliphatic carbocycles. The van der Waals surface area contributed by atoms with E-state index in [-0.39, 0.29) is 0 Å². The van der Waals surface area contributed by atoms with E-state index in [4.69, 9.17) is 10.1 Å². The Labute approximate surface area is 182 Å². The Morgan fingerprint density at radius 2 is 1.87 bits per heavy atom. The highest BCUT2D eigenvalue weighted by molar-refractivity contribution is 5.85. The Morgan fingerprint density at radius 3 is 2.71 bits per heavy atom. The molecule has 0 bridgehead atoms. The number of rotatable bonds is 6. The maximum absolute atomic E-state index is 10.8. The maximum atomic E-state index is 10.8. The fourth-order valence-corrected chi connectivity index (χ4v) is 3.82. The molecule has 0 atom stereocenters. The van der Waals surface area contributed by atoms with Crippen molar-refractivity contribution >= 4 is 17.9 Å². The van der Waals surface area contributed by atoms with E-state index in [1.54, 1.807) is 12.3 Å². The standard InChI is InChI=1S/C25H26N4O2/c30-25(31)11-10-20-8-4-9-22(16-20)23-17-26-18-24(27-23)29-13-5-12-28(14-15-29)19-21-6-2-1-3-7-21/h1-4,6-11,16-18H,5,12-15,19H2,(H,30,31). The second kappa shape index (κ2) is 10.00. The highest BCUT2D eigenvalue weighted by Gasteiger charge is 2.17. The molecule has 31 heavy (non-hydrogen) atoms. The molecule has 6 heteroatoms. The lowest BCUT2D eigenvalue weighted by Gasteiger charge is -2.23. The molecular formula is C25H26N4O2. The van der Waals surface area contributed by atoms with Crippen LogP contribution in [0.4, 0.5) is 5.82 Å². The van der Waals surface area contributed by atoms with E-state index in [0.717, 1.165) is 67.9 Å². The summed E-state index contributed by atoms with van der Waals surface area (Å²) in [6.45, 7) is 4.88. The van der Waals surface area contributed by atoms with Crippen LogP contribution in [-0.2, 0) is 11.3 Å². The van der Waals surface area contributed by atoms with E-state index in [2.05, 4.69) is 45.1 Å². The number of nitrogens with zero attached hydrogens (tertiary/aromatic N) is 4. The van der Waals surface area contributed by atoms with Crippen molar-refractivity contribution in [3.63, 3.8) is 0 Å². The average molecular weight is 415 g/mol.